The summed E-state index contributed by atoms with van der Waals surface area (Å²) in [6.07, 6.45) is 4.23. The van der Waals surface area contributed by atoms with Gasteiger partial charge in [-0.3, -0.25) is 14.6 Å². The lowest BCUT2D eigenvalue weighted by Crippen LogP contribution is -2.46. The van der Waals surface area contributed by atoms with Crippen molar-refractivity contribution >= 4 is 11.8 Å². The first-order valence-corrected chi connectivity index (χ1v) is 8.05. The molecule has 0 fully saturated rings. The minimum Gasteiger partial charge on any atom is -0.345 e. The van der Waals surface area contributed by atoms with Crippen LogP contribution in [0.2, 0.25) is 0 Å². The van der Waals surface area contributed by atoms with Crippen molar-refractivity contribution in [2.45, 2.75) is 32.9 Å². The van der Waals surface area contributed by atoms with Crippen molar-refractivity contribution in [2.24, 2.45) is 0 Å². The van der Waals surface area contributed by atoms with Crippen molar-refractivity contribution in [3.8, 4) is 0 Å². The number of hydrogen-bond donors (Lipinski definition) is 1. The van der Waals surface area contributed by atoms with Gasteiger partial charge in [0.2, 0.25) is 11.8 Å². The van der Waals surface area contributed by atoms with Gasteiger partial charge in [0.15, 0.2) is 0 Å². The van der Waals surface area contributed by atoms with E-state index in [4.69, 9.17) is 0 Å². The smallest absolute Gasteiger partial charge is 0.245 e. The molecule has 1 atom stereocenters. The Bertz CT molecular complexity index is 659. The van der Waals surface area contributed by atoms with Gasteiger partial charge < -0.3 is 10.2 Å². The van der Waals surface area contributed by atoms with Crippen molar-refractivity contribution < 1.29 is 9.59 Å². The molecule has 1 heterocycles. The molecule has 0 unspecified atom stereocenters. The number of benzene rings is 1. The molecular formula is C19H23N3O2. The highest BCUT2D eigenvalue weighted by Gasteiger charge is 2.21. The minimum atomic E-state index is -0.546. The van der Waals surface area contributed by atoms with Crippen molar-refractivity contribution in [2.75, 3.05) is 6.54 Å². The molecule has 0 radical (unpaired) electrons. The molecule has 2 aromatic rings. The topological polar surface area (TPSA) is 62.3 Å². The van der Waals surface area contributed by atoms with Crippen LogP contribution in [0.1, 0.15) is 25.0 Å². The van der Waals surface area contributed by atoms with Gasteiger partial charge in [0.25, 0.3) is 0 Å². The molecule has 1 aromatic carbocycles. The lowest BCUT2D eigenvalue weighted by Gasteiger charge is -2.26. The van der Waals surface area contributed by atoms with Gasteiger partial charge in [0.05, 0.1) is 0 Å². The Labute approximate surface area is 142 Å². The second-order valence-electron chi connectivity index (χ2n) is 5.78. The fraction of sp³-hybridized carbons (Fsp3) is 0.316. The molecule has 1 aromatic heterocycles. The minimum absolute atomic E-state index is 0.0926. The van der Waals surface area contributed by atoms with Gasteiger partial charge in [-0.05, 0) is 30.5 Å². The summed E-state index contributed by atoms with van der Waals surface area (Å²) in [5.41, 5.74) is 2.14. The third-order valence-corrected chi connectivity index (χ3v) is 3.71. The maximum atomic E-state index is 12.7. The van der Waals surface area contributed by atoms with Crippen LogP contribution in [0.5, 0.6) is 0 Å². The van der Waals surface area contributed by atoms with E-state index in [1.54, 1.807) is 24.2 Å². The Morgan fingerprint density at radius 1 is 1.12 bits per heavy atom. The van der Waals surface area contributed by atoms with Crippen molar-refractivity contribution in [1.82, 2.24) is 15.2 Å². The second-order valence-corrected chi connectivity index (χ2v) is 5.78. The molecular weight excluding hydrogens is 302 g/mol. The maximum Gasteiger partial charge on any atom is 0.245 e. The van der Waals surface area contributed by atoms with E-state index in [0.717, 1.165) is 12.0 Å². The molecule has 2 amide bonds. The first-order valence-electron chi connectivity index (χ1n) is 8.05. The van der Waals surface area contributed by atoms with Crippen LogP contribution in [-0.2, 0) is 22.6 Å². The highest BCUT2D eigenvalue weighted by Crippen LogP contribution is 2.08. The van der Waals surface area contributed by atoms with Crippen LogP contribution in [0, 0.1) is 0 Å². The maximum absolute atomic E-state index is 12.7. The quantitative estimate of drug-likeness (QED) is 0.849. The van der Waals surface area contributed by atoms with Gasteiger partial charge in [-0.25, -0.2) is 0 Å². The zero-order valence-electron chi connectivity index (χ0n) is 14.1. The number of nitrogens with zero attached hydrogens (tertiary/aromatic N) is 2. The summed E-state index contributed by atoms with van der Waals surface area (Å²) in [4.78, 5) is 29.8. The molecule has 24 heavy (non-hydrogen) atoms. The van der Waals surface area contributed by atoms with E-state index in [1.165, 1.54) is 12.5 Å². The molecule has 0 saturated heterocycles. The Morgan fingerprint density at radius 2 is 1.83 bits per heavy atom. The fourth-order valence-electron chi connectivity index (χ4n) is 2.53. The van der Waals surface area contributed by atoms with Crippen LogP contribution in [0.3, 0.4) is 0 Å². The molecule has 0 spiro atoms. The summed E-state index contributed by atoms with van der Waals surface area (Å²) in [7, 11) is 0. The summed E-state index contributed by atoms with van der Waals surface area (Å²) in [6.45, 7) is 4.19. The van der Waals surface area contributed by atoms with E-state index >= 15 is 0 Å². The number of carbonyl (C=O) groups is 2. The summed E-state index contributed by atoms with van der Waals surface area (Å²) in [5.74, 6) is -0.301. The molecule has 0 bridgehead atoms. The van der Waals surface area contributed by atoms with Crippen molar-refractivity contribution in [3.63, 3.8) is 0 Å². The van der Waals surface area contributed by atoms with Crippen LogP contribution < -0.4 is 5.32 Å². The van der Waals surface area contributed by atoms with Crippen LogP contribution in [0.15, 0.2) is 54.9 Å². The molecule has 2 rings (SSSR count). The number of pyridine rings is 1. The number of carbonyl (C=O) groups excluding carboxylic acids is 2. The zero-order valence-corrected chi connectivity index (χ0v) is 14.1. The summed E-state index contributed by atoms with van der Waals surface area (Å²) < 4.78 is 0. The van der Waals surface area contributed by atoms with Crippen LogP contribution in [-0.4, -0.2) is 34.3 Å². The molecule has 1 N–H and O–H groups in total. The van der Waals surface area contributed by atoms with E-state index in [2.05, 4.69) is 10.3 Å². The third kappa shape index (κ3) is 5.50. The third-order valence-electron chi connectivity index (χ3n) is 3.71. The molecule has 126 valence electrons. The largest absolute Gasteiger partial charge is 0.345 e. The van der Waals surface area contributed by atoms with Crippen molar-refractivity contribution in [1.29, 1.82) is 0 Å². The van der Waals surface area contributed by atoms with E-state index in [0.29, 0.717) is 13.1 Å². The van der Waals surface area contributed by atoms with Gasteiger partial charge >= 0.3 is 0 Å². The summed E-state index contributed by atoms with van der Waals surface area (Å²) in [5, 5.41) is 2.66. The first kappa shape index (κ1) is 17.7. The number of nitrogens with one attached hydrogen (secondary N) is 1. The summed E-state index contributed by atoms with van der Waals surface area (Å²) >= 11 is 0. The number of aromatic nitrogens is 1. The number of hydrogen-bond acceptors (Lipinski definition) is 3. The normalized spacial score (nSPS) is 11.6. The number of rotatable bonds is 7. The summed E-state index contributed by atoms with van der Waals surface area (Å²) in [6, 6.07) is 13.3. The lowest BCUT2D eigenvalue weighted by atomic mass is 10.1. The molecule has 0 aliphatic rings. The van der Waals surface area contributed by atoms with Crippen molar-refractivity contribution in [3.05, 3.63) is 66.0 Å². The Balaban J connectivity index is 2.08. The van der Waals surface area contributed by atoms with Gasteiger partial charge in [-0.15, -0.1) is 0 Å². The highest BCUT2D eigenvalue weighted by molar-refractivity contribution is 5.86. The fourth-order valence-corrected chi connectivity index (χ4v) is 2.53. The van der Waals surface area contributed by atoms with Crippen LogP contribution in [0.25, 0.3) is 0 Å². The molecule has 5 heteroatoms. The van der Waals surface area contributed by atoms with Gasteiger partial charge in [-0.2, -0.15) is 0 Å². The average molecular weight is 325 g/mol. The zero-order chi connectivity index (χ0) is 17.4. The molecule has 5 nitrogen and oxygen atoms in total. The first-order chi connectivity index (χ1) is 11.6. The molecule has 0 aliphatic carbocycles. The monoisotopic (exact) mass is 325 g/mol. The average Bonchev–Trinajstić information content (AvgIpc) is 2.59. The van der Waals surface area contributed by atoms with Gasteiger partial charge in [0, 0.05) is 32.4 Å². The molecule has 0 aliphatic heterocycles. The highest BCUT2D eigenvalue weighted by atomic mass is 16.2. The Hall–Kier alpha value is -2.69. The SMILES string of the molecule is CC(=O)N[C@H](C)C(=O)N(CCc1ccccc1)Cc1cccnc1. The Kier molecular flexibility index (Phi) is 6.49. The van der Waals surface area contributed by atoms with E-state index < -0.39 is 6.04 Å². The predicted molar refractivity (Wildman–Crippen MR) is 93.1 cm³/mol. The van der Waals surface area contributed by atoms with E-state index in [-0.39, 0.29) is 11.8 Å². The predicted octanol–water partition coefficient (Wildman–Crippen LogP) is 2.18. The van der Waals surface area contributed by atoms with Crippen LogP contribution >= 0.6 is 0 Å². The van der Waals surface area contributed by atoms with Crippen LogP contribution in [0.4, 0.5) is 0 Å². The van der Waals surface area contributed by atoms with E-state index in [1.807, 2.05) is 42.5 Å². The molecule has 0 saturated carbocycles. The van der Waals surface area contributed by atoms with Gasteiger partial charge in [-0.1, -0.05) is 36.4 Å². The lowest BCUT2D eigenvalue weighted by molar-refractivity contribution is -0.136. The van der Waals surface area contributed by atoms with E-state index in [9.17, 15) is 9.59 Å². The Morgan fingerprint density at radius 3 is 2.46 bits per heavy atom. The second kappa shape index (κ2) is 8.82. The standard InChI is InChI=1S/C19H23N3O2/c1-15(21-16(2)23)19(24)22(14-18-9-6-11-20-13-18)12-10-17-7-4-3-5-8-17/h3-9,11,13,15H,10,12,14H2,1-2H3,(H,21,23)/t15-/m1/s1. The van der Waals surface area contributed by atoms with Gasteiger partial charge in [0.1, 0.15) is 6.04 Å². The number of amides is 2.